The molecule has 0 radical (unpaired) electrons. The second-order valence-electron chi connectivity index (χ2n) is 3.36. The van der Waals surface area contributed by atoms with Crippen molar-refractivity contribution in [3.05, 3.63) is 33.3 Å². The summed E-state index contributed by atoms with van der Waals surface area (Å²) in [6, 6.07) is 5.69. The molecule has 0 fully saturated rings. The number of aliphatic hydroxyl groups is 1. The van der Waals surface area contributed by atoms with Crippen molar-refractivity contribution < 1.29 is 5.11 Å². The largest absolute Gasteiger partial charge is 0.394 e. The Morgan fingerprint density at radius 2 is 2.27 bits per heavy atom. The molecule has 0 heterocycles. The van der Waals surface area contributed by atoms with E-state index in [-0.39, 0.29) is 12.6 Å². The van der Waals surface area contributed by atoms with Crippen LogP contribution >= 0.6 is 27.5 Å². The monoisotopic (exact) mass is 291 g/mol. The van der Waals surface area contributed by atoms with E-state index in [0.717, 1.165) is 23.0 Å². The number of hydrogen-bond donors (Lipinski definition) is 2. The summed E-state index contributed by atoms with van der Waals surface area (Å²) in [7, 11) is 0. The molecule has 0 saturated carbocycles. The van der Waals surface area contributed by atoms with Gasteiger partial charge in [0.2, 0.25) is 0 Å². The molecule has 1 aromatic carbocycles. The quantitative estimate of drug-likeness (QED) is 0.874. The van der Waals surface area contributed by atoms with Crippen LogP contribution in [0.3, 0.4) is 0 Å². The molecule has 0 aliphatic heterocycles. The van der Waals surface area contributed by atoms with Crippen LogP contribution in [0, 0.1) is 0 Å². The summed E-state index contributed by atoms with van der Waals surface area (Å²) in [5.41, 5.74) is 1.01. The van der Waals surface area contributed by atoms with Crippen molar-refractivity contribution in [2.75, 3.05) is 13.2 Å². The predicted octanol–water partition coefficient (Wildman–Crippen LogP) is 3.14. The lowest BCUT2D eigenvalue weighted by Crippen LogP contribution is -2.25. The fraction of sp³-hybridized carbons (Fsp3) is 0.455. The second kappa shape index (κ2) is 6.48. The lowest BCUT2D eigenvalue weighted by molar-refractivity contribution is 0.245. The van der Waals surface area contributed by atoms with Gasteiger partial charge in [0.15, 0.2) is 0 Å². The van der Waals surface area contributed by atoms with Crippen LogP contribution in [0.5, 0.6) is 0 Å². The van der Waals surface area contributed by atoms with Crippen molar-refractivity contribution >= 4 is 27.5 Å². The van der Waals surface area contributed by atoms with Gasteiger partial charge < -0.3 is 10.4 Å². The molecular weight excluding hydrogens is 277 g/mol. The summed E-state index contributed by atoms with van der Waals surface area (Å²) < 4.78 is 0.875. The molecule has 2 N–H and O–H groups in total. The first-order valence-corrected chi connectivity index (χ1v) is 6.15. The first-order chi connectivity index (χ1) is 7.19. The highest BCUT2D eigenvalue weighted by Gasteiger charge is 2.10. The maximum Gasteiger partial charge on any atom is 0.0626 e. The number of benzene rings is 1. The Morgan fingerprint density at radius 1 is 1.53 bits per heavy atom. The molecule has 4 heteroatoms. The van der Waals surface area contributed by atoms with E-state index in [4.69, 9.17) is 11.6 Å². The Bertz CT molecular complexity index is 319. The molecule has 84 valence electrons. The standard InChI is InChI=1S/C11H15BrClNO/c1-2-5-14-11(7-15)8-3-4-9(12)10(13)6-8/h3-4,6,11,14-15H,2,5,7H2,1H3. The molecule has 15 heavy (non-hydrogen) atoms. The zero-order valence-corrected chi connectivity index (χ0v) is 11.0. The van der Waals surface area contributed by atoms with E-state index in [0.29, 0.717) is 5.02 Å². The molecule has 0 spiro atoms. The fourth-order valence-electron chi connectivity index (χ4n) is 1.34. The van der Waals surface area contributed by atoms with Gasteiger partial charge in [0, 0.05) is 4.47 Å². The molecule has 0 amide bonds. The van der Waals surface area contributed by atoms with Crippen LogP contribution < -0.4 is 5.32 Å². The van der Waals surface area contributed by atoms with Crippen LogP contribution in [0.15, 0.2) is 22.7 Å². The first-order valence-electron chi connectivity index (χ1n) is 4.98. The van der Waals surface area contributed by atoms with E-state index in [2.05, 4.69) is 28.2 Å². The van der Waals surface area contributed by atoms with Gasteiger partial charge in [-0.25, -0.2) is 0 Å². The van der Waals surface area contributed by atoms with Gasteiger partial charge in [0.1, 0.15) is 0 Å². The van der Waals surface area contributed by atoms with Crippen LogP contribution in [0.2, 0.25) is 5.02 Å². The second-order valence-corrected chi connectivity index (χ2v) is 4.62. The summed E-state index contributed by atoms with van der Waals surface area (Å²) in [6.07, 6.45) is 1.04. The van der Waals surface area contributed by atoms with Crippen LogP contribution in [0.4, 0.5) is 0 Å². The summed E-state index contributed by atoms with van der Waals surface area (Å²) >= 11 is 9.33. The van der Waals surface area contributed by atoms with E-state index in [1.165, 1.54) is 0 Å². The van der Waals surface area contributed by atoms with Gasteiger partial charge in [-0.1, -0.05) is 24.6 Å². The van der Waals surface area contributed by atoms with Crippen LogP contribution in [0.25, 0.3) is 0 Å². The summed E-state index contributed by atoms with van der Waals surface area (Å²) in [5, 5.41) is 13.2. The van der Waals surface area contributed by atoms with Crippen LogP contribution in [0.1, 0.15) is 24.9 Å². The van der Waals surface area contributed by atoms with Gasteiger partial charge in [-0.15, -0.1) is 0 Å². The molecule has 0 aliphatic carbocycles. The fourth-order valence-corrected chi connectivity index (χ4v) is 1.77. The van der Waals surface area contributed by atoms with Crippen LogP contribution in [-0.2, 0) is 0 Å². The Hall–Kier alpha value is -0.0900. The van der Waals surface area contributed by atoms with E-state index in [1.807, 2.05) is 18.2 Å². The van der Waals surface area contributed by atoms with Gasteiger partial charge in [0.25, 0.3) is 0 Å². The normalized spacial score (nSPS) is 12.8. The van der Waals surface area contributed by atoms with Crippen molar-refractivity contribution in [1.82, 2.24) is 5.32 Å². The summed E-state index contributed by atoms with van der Waals surface area (Å²) in [6.45, 7) is 3.06. The van der Waals surface area contributed by atoms with Gasteiger partial charge in [-0.3, -0.25) is 0 Å². The zero-order chi connectivity index (χ0) is 11.3. The number of hydrogen-bond acceptors (Lipinski definition) is 2. The van der Waals surface area contributed by atoms with E-state index < -0.39 is 0 Å². The Labute approximate surface area is 104 Å². The maximum absolute atomic E-state index is 9.25. The van der Waals surface area contributed by atoms with Crippen molar-refractivity contribution in [3.8, 4) is 0 Å². The summed E-state index contributed by atoms with van der Waals surface area (Å²) in [4.78, 5) is 0. The topological polar surface area (TPSA) is 32.3 Å². The molecular formula is C11H15BrClNO. The number of aliphatic hydroxyl groups excluding tert-OH is 1. The Balaban J connectivity index is 2.78. The highest BCUT2D eigenvalue weighted by molar-refractivity contribution is 9.10. The molecule has 1 atom stereocenters. The minimum absolute atomic E-state index is 0.0319. The average Bonchev–Trinajstić information content (AvgIpc) is 2.24. The Kier molecular flexibility index (Phi) is 5.61. The highest BCUT2D eigenvalue weighted by atomic mass is 79.9. The third-order valence-corrected chi connectivity index (χ3v) is 3.40. The first kappa shape index (κ1) is 13.0. The van der Waals surface area contributed by atoms with Crippen LogP contribution in [-0.4, -0.2) is 18.3 Å². The molecule has 1 aromatic rings. The average molecular weight is 293 g/mol. The van der Waals surface area contributed by atoms with Gasteiger partial charge in [-0.05, 0) is 46.6 Å². The molecule has 0 bridgehead atoms. The van der Waals surface area contributed by atoms with Gasteiger partial charge in [-0.2, -0.15) is 0 Å². The van der Waals surface area contributed by atoms with Crippen molar-refractivity contribution in [2.24, 2.45) is 0 Å². The number of nitrogens with one attached hydrogen (secondary N) is 1. The molecule has 2 nitrogen and oxygen atoms in total. The molecule has 0 aliphatic rings. The number of rotatable bonds is 5. The Morgan fingerprint density at radius 3 is 2.80 bits per heavy atom. The third-order valence-electron chi connectivity index (χ3n) is 2.17. The number of halogens is 2. The lowest BCUT2D eigenvalue weighted by atomic mass is 10.1. The molecule has 1 rings (SSSR count). The maximum atomic E-state index is 9.25. The molecule has 1 unspecified atom stereocenters. The third kappa shape index (κ3) is 3.76. The van der Waals surface area contributed by atoms with Crippen molar-refractivity contribution in [2.45, 2.75) is 19.4 Å². The van der Waals surface area contributed by atoms with Crippen molar-refractivity contribution in [1.29, 1.82) is 0 Å². The molecule has 0 aromatic heterocycles. The zero-order valence-electron chi connectivity index (χ0n) is 8.63. The highest BCUT2D eigenvalue weighted by Crippen LogP contribution is 2.25. The minimum Gasteiger partial charge on any atom is -0.394 e. The minimum atomic E-state index is -0.0319. The molecule has 0 saturated heterocycles. The van der Waals surface area contributed by atoms with Gasteiger partial charge >= 0.3 is 0 Å². The van der Waals surface area contributed by atoms with E-state index >= 15 is 0 Å². The lowest BCUT2D eigenvalue weighted by Gasteiger charge is -2.16. The smallest absolute Gasteiger partial charge is 0.0626 e. The van der Waals surface area contributed by atoms with Gasteiger partial charge in [0.05, 0.1) is 17.7 Å². The van der Waals surface area contributed by atoms with Crippen molar-refractivity contribution in [3.63, 3.8) is 0 Å². The van der Waals surface area contributed by atoms with E-state index in [1.54, 1.807) is 0 Å². The van der Waals surface area contributed by atoms with E-state index in [9.17, 15) is 5.11 Å². The predicted molar refractivity (Wildman–Crippen MR) is 67.3 cm³/mol. The SMILES string of the molecule is CCCNC(CO)c1ccc(Br)c(Cl)c1. The summed E-state index contributed by atoms with van der Waals surface area (Å²) in [5.74, 6) is 0.